The van der Waals surface area contributed by atoms with E-state index in [9.17, 15) is 9.59 Å². The van der Waals surface area contributed by atoms with Gasteiger partial charge in [-0.05, 0) is 24.5 Å². The minimum Gasteiger partial charge on any atom is -0.481 e. The highest BCUT2D eigenvalue weighted by molar-refractivity contribution is 9.10. The average molecular weight is 342 g/mol. The predicted octanol–water partition coefficient (Wildman–Crippen LogP) is 2.42. The lowest BCUT2D eigenvalue weighted by Gasteiger charge is -2.34. The zero-order valence-electron chi connectivity index (χ0n) is 11.0. The molecule has 2 atom stereocenters. The van der Waals surface area contributed by atoms with Gasteiger partial charge in [0.1, 0.15) is 5.82 Å². The normalized spacial score (nSPS) is 22.4. The smallest absolute Gasteiger partial charge is 0.323 e. The van der Waals surface area contributed by atoms with Crippen LogP contribution in [0.25, 0.3) is 0 Å². The number of likely N-dealkylation sites (tertiary alicyclic amines) is 1. The molecule has 0 aliphatic carbocycles. The number of pyridine rings is 1. The fourth-order valence-electron chi connectivity index (χ4n) is 2.36. The Morgan fingerprint density at radius 2 is 2.25 bits per heavy atom. The van der Waals surface area contributed by atoms with Crippen LogP contribution in [0, 0.1) is 11.8 Å². The standard InChI is InChI=1S/C13H16BrN3O3/c1-8-4-9(12(18)19)7-17(6-8)13(20)16-11-5-10(14)2-3-15-11/h2-3,5,8-9H,4,6-7H2,1H3,(H,18,19)(H,15,16,20). The largest absolute Gasteiger partial charge is 0.481 e. The zero-order chi connectivity index (χ0) is 14.7. The number of halogens is 1. The van der Waals surface area contributed by atoms with Gasteiger partial charge in [-0.1, -0.05) is 22.9 Å². The Kier molecular flexibility index (Phi) is 4.59. The number of hydrogen-bond donors (Lipinski definition) is 2. The van der Waals surface area contributed by atoms with E-state index in [4.69, 9.17) is 5.11 Å². The summed E-state index contributed by atoms with van der Waals surface area (Å²) in [4.78, 5) is 28.8. The Labute approximate surface area is 125 Å². The van der Waals surface area contributed by atoms with Crippen molar-refractivity contribution in [3.05, 3.63) is 22.8 Å². The van der Waals surface area contributed by atoms with E-state index in [1.807, 2.05) is 6.92 Å². The molecule has 2 N–H and O–H groups in total. The van der Waals surface area contributed by atoms with E-state index in [1.54, 1.807) is 18.3 Å². The second-order valence-electron chi connectivity index (χ2n) is 5.07. The number of carboxylic acid groups (broad SMARTS) is 1. The molecule has 0 spiro atoms. The summed E-state index contributed by atoms with van der Waals surface area (Å²) in [5.41, 5.74) is 0. The highest BCUT2D eigenvalue weighted by atomic mass is 79.9. The van der Waals surface area contributed by atoms with E-state index < -0.39 is 11.9 Å². The second kappa shape index (κ2) is 6.21. The maximum absolute atomic E-state index is 12.2. The van der Waals surface area contributed by atoms with Gasteiger partial charge in [-0.15, -0.1) is 0 Å². The summed E-state index contributed by atoms with van der Waals surface area (Å²) in [5.74, 6) is -0.740. The molecule has 1 aliphatic rings. The van der Waals surface area contributed by atoms with Crippen LogP contribution in [-0.2, 0) is 4.79 Å². The summed E-state index contributed by atoms with van der Waals surface area (Å²) in [5, 5.41) is 11.8. The summed E-state index contributed by atoms with van der Waals surface area (Å²) in [7, 11) is 0. The molecule has 1 fully saturated rings. The molecule has 6 nitrogen and oxygen atoms in total. The van der Waals surface area contributed by atoms with Crippen molar-refractivity contribution in [3.63, 3.8) is 0 Å². The topological polar surface area (TPSA) is 82.5 Å². The summed E-state index contributed by atoms with van der Waals surface area (Å²) in [6.45, 7) is 2.75. The number of aliphatic carboxylic acids is 1. The second-order valence-corrected chi connectivity index (χ2v) is 5.99. The van der Waals surface area contributed by atoms with Gasteiger partial charge in [0.15, 0.2) is 0 Å². The first-order valence-corrected chi connectivity index (χ1v) is 7.15. The van der Waals surface area contributed by atoms with Crippen LogP contribution >= 0.6 is 15.9 Å². The van der Waals surface area contributed by atoms with Gasteiger partial charge >= 0.3 is 12.0 Å². The lowest BCUT2D eigenvalue weighted by Crippen LogP contribution is -2.47. The van der Waals surface area contributed by atoms with Gasteiger partial charge in [0.2, 0.25) is 0 Å². The fourth-order valence-corrected chi connectivity index (χ4v) is 2.69. The number of urea groups is 1. The van der Waals surface area contributed by atoms with Gasteiger partial charge in [-0.25, -0.2) is 9.78 Å². The Bertz CT molecular complexity index is 523. The quantitative estimate of drug-likeness (QED) is 0.865. The summed E-state index contributed by atoms with van der Waals surface area (Å²) in [6, 6.07) is 3.15. The summed E-state index contributed by atoms with van der Waals surface area (Å²) < 4.78 is 0.818. The number of carbonyl (C=O) groups excluding carboxylic acids is 1. The van der Waals surface area contributed by atoms with Crippen molar-refractivity contribution in [2.45, 2.75) is 13.3 Å². The summed E-state index contributed by atoms with van der Waals surface area (Å²) >= 11 is 3.30. The van der Waals surface area contributed by atoms with Gasteiger partial charge in [0.05, 0.1) is 5.92 Å². The minimum absolute atomic E-state index is 0.172. The molecule has 20 heavy (non-hydrogen) atoms. The third-order valence-corrected chi connectivity index (χ3v) is 3.75. The van der Waals surface area contributed by atoms with Crippen LogP contribution in [0.3, 0.4) is 0 Å². The minimum atomic E-state index is -0.852. The van der Waals surface area contributed by atoms with Crippen LogP contribution in [0.5, 0.6) is 0 Å². The lowest BCUT2D eigenvalue weighted by molar-refractivity contribution is -0.143. The molecular formula is C13H16BrN3O3. The van der Waals surface area contributed by atoms with Crippen molar-refractivity contribution in [2.75, 3.05) is 18.4 Å². The van der Waals surface area contributed by atoms with E-state index in [2.05, 4.69) is 26.2 Å². The molecule has 0 bridgehead atoms. The van der Waals surface area contributed by atoms with Gasteiger partial charge in [0, 0.05) is 23.8 Å². The molecule has 1 saturated heterocycles. The maximum Gasteiger partial charge on any atom is 0.323 e. The number of aromatic nitrogens is 1. The first kappa shape index (κ1) is 14.8. The van der Waals surface area contributed by atoms with Crippen molar-refractivity contribution >= 4 is 33.7 Å². The number of nitrogens with zero attached hydrogens (tertiary/aromatic N) is 2. The molecule has 0 aromatic carbocycles. The highest BCUT2D eigenvalue weighted by Crippen LogP contribution is 2.22. The average Bonchev–Trinajstić information content (AvgIpc) is 2.37. The third kappa shape index (κ3) is 3.69. The van der Waals surface area contributed by atoms with Crippen molar-refractivity contribution in [1.29, 1.82) is 0 Å². The van der Waals surface area contributed by atoms with E-state index in [1.165, 1.54) is 4.90 Å². The third-order valence-electron chi connectivity index (χ3n) is 3.25. The molecule has 108 valence electrons. The van der Waals surface area contributed by atoms with E-state index in [0.29, 0.717) is 18.8 Å². The SMILES string of the molecule is CC1CC(C(=O)O)CN(C(=O)Nc2cc(Br)ccn2)C1. The molecule has 2 unspecified atom stereocenters. The first-order valence-electron chi connectivity index (χ1n) is 6.36. The molecule has 2 amide bonds. The number of carboxylic acids is 1. The number of amides is 2. The number of anilines is 1. The number of hydrogen-bond acceptors (Lipinski definition) is 3. The monoisotopic (exact) mass is 341 g/mol. The van der Waals surface area contributed by atoms with E-state index in [-0.39, 0.29) is 18.5 Å². The van der Waals surface area contributed by atoms with Gasteiger partial charge < -0.3 is 10.0 Å². The maximum atomic E-state index is 12.2. The van der Waals surface area contributed by atoms with Crippen LogP contribution in [0.1, 0.15) is 13.3 Å². The number of nitrogens with one attached hydrogen (secondary N) is 1. The van der Waals surface area contributed by atoms with Crippen LogP contribution in [-0.4, -0.2) is 40.1 Å². The van der Waals surface area contributed by atoms with E-state index in [0.717, 1.165) is 4.47 Å². The van der Waals surface area contributed by atoms with Crippen molar-refractivity contribution in [3.8, 4) is 0 Å². The Morgan fingerprint density at radius 1 is 1.50 bits per heavy atom. The molecule has 2 rings (SSSR count). The number of carbonyl (C=O) groups is 2. The van der Waals surface area contributed by atoms with Crippen molar-refractivity contribution in [1.82, 2.24) is 9.88 Å². The number of rotatable bonds is 2. The molecule has 0 radical (unpaired) electrons. The Morgan fingerprint density at radius 3 is 2.90 bits per heavy atom. The Hall–Kier alpha value is -1.63. The van der Waals surface area contributed by atoms with Crippen LogP contribution < -0.4 is 5.32 Å². The zero-order valence-corrected chi connectivity index (χ0v) is 12.6. The Balaban J connectivity index is 2.03. The molecule has 2 heterocycles. The first-order chi connectivity index (χ1) is 9.45. The molecule has 1 aromatic heterocycles. The number of piperidine rings is 1. The molecule has 1 aliphatic heterocycles. The molecular weight excluding hydrogens is 326 g/mol. The lowest BCUT2D eigenvalue weighted by atomic mass is 9.91. The highest BCUT2D eigenvalue weighted by Gasteiger charge is 2.31. The van der Waals surface area contributed by atoms with Gasteiger partial charge in [-0.2, -0.15) is 0 Å². The van der Waals surface area contributed by atoms with Crippen LogP contribution in [0.15, 0.2) is 22.8 Å². The van der Waals surface area contributed by atoms with Crippen molar-refractivity contribution < 1.29 is 14.7 Å². The molecule has 0 saturated carbocycles. The van der Waals surface area contributed by atoms with E-state index >= 15 is 0 Å². The molecule has 7 heteroatoms. The predicted molar refractivity (Wildman–Crippen MR) is 77.4 cm³/mol. The summed E-state index contributed by atoms with van der Waals surface area (Å²) in [6.07, 6.45) is 2.19. The van der Waals surface area contributed by atoms with Crippen LogP contribution in [0.2, 0.25) is 0 Å². The fraction of sp³-hybridized carbons (Fsp3) is 0.462. The van der Waals surface area contributed by atoms with Gasteiger partial charge in [0.25, 0.3) is 0 Å². The van der Waals surface area contributed by atoms with Crippen LogP contribution in [0.4, 0.5) is 10.6 Å². The van der Waals surface area contributed by atoms with Crippen molar-refractivity contribution in [2.24, 2.45) is 11.8 Å². The molecule has 1 aromatic rings. The van der Waals surface area contributed by atoms with Gasteiger partial charge in [-0.3, -0.25) is 10.1 Å².